The third-order valence-electron chi connectivity index (χ3n) is 4.87. The fourth-order valence-corrected chi connectivity index (χ4v) is 3.34. The maximum atomic E-state index is 14.3. The van der Waals surface area contributed by atoms with Gasteiger partial charge in [0.2, 0.25) is 5.95 Å². The SMILES string of the molecule is Cn1nc(NC2(c3ncccc3F)CCC2)nc1-c1cc(C#N)ccc1F. The smallest absolute Gasteiger partial charge is 0.243 e. The number of halogens is 2. The monoisotopic (exact) mass is 366 g/mol. The van der Waals surface area contributed by atoms with Crippen molar-refractivity contribution in [3.05, 3.63) is 59.4 Å². The normalized spacial score (nSPS) is 15.0. The summed E-state index contributed by atoms with van der Waals surface area (Å²) in [4.78, 5) is 8.58. The second-order valence-electron chi connectivity index (χ2n) is 6.58. The number of aromatic nitrogens is 4. The molecule has 3 aromatic rings. The molecule has 0 radical (unpaired) electrons. The number of pyridine rings is 1. The van der Waals surface area contributed by atoms with E-state index in [9.17, 15) is 8.78 Å². The molecule has 6 nitrogen and oxygen atoms in total. The van der Waals surface area contributed by atoms with Crippen LogP contribution in [-0.2, 0) is 12.6 Å². The van der Waals surface area contributed by atoms with Gasteiger partial charge in [-0.1, -0.05) is 0 Å². The van der Waals surface area contributed by atoms with Crippen LogP contribution in [0.5, 0.6) is 0 Å². The van der Waals surface area contributed by atoms with Crippen molar-refractivity contribution in [1.29, 1.82) is 5.26 Å². The number of benzene rings is 1. The lowest BCUT2D eigenvalue weighted by molar-refractivity contribution is 0.264. The summed E-state index contributed by atoms with van der Waals surface area (Å²) in [6.07, 6.45) is 3.89. The van der Waals surface area contributed by atoms with Gasteiger partial charge in [-0.2, -0.15) is 10.2 Å². The Morgan fingerprint density at radius 1 is 1.22 bits per heavy atom. The van der Waals surface area contributed by atoms with Gasteiger partial charge in [0.15, 0.2) is 5.82 Å². The van der Waals surface area contributed by atoms with Crippen LogP contribution in [0.15, 0.2) is 36.5 Å². The van der Waals surface area contributed by atoms with Crippen LogP contribution in [0.3, 0.4) is 0 Å². The summed E-state index contributed by atoms with van der Waals surface area (Å²) < 4.78 is 29.9. The van der Waals surface area contributed by atoms with Gasteiger partial charge in [-0.15, -0.1) is 5.10 Å². The van der Waals surface area contributed by atoms with Gasteiger partial charge in [0.05, 0.1) is 22.7 Å². The molecular weight excluding hydrogens is 350 g/mol. The number of hydrogen-bond donors (Lipinski definition) is 1. The Labute approximate surface area is 154 Å². The molecule has 1 aromatic carbocycles. The highest BCUT2D eigenvalue weighted by atomic mass is 19.1. The molecular formula is C19H16F2N6. The molecule has 1 aliphatic carbocycles. The molecule has 1 saturated carbocycles. The highest BCUT2D eigenvalue weighted by molar-refractivity contribution is 5.60. The summed E-state index contributed by atoms with van der Waals surface area (Å²) in [6, 6.07) is 8.98. The maximum Gasteiger partial charge on any atom is 0.243 e. The molecule has 1 N–H and O–H groups in total. The summed E-state index contributed by atoms with van der Waals surface area (Å²) in [5.74, 6) is -0.333. The lowest BCUT2D eigenvalue weighted by Gasteiger charge is -2.41. The average molecular weight is 366 g/mol. The Morgan fingerprint density at radius 3 is 2.70 bits per heavy atom. The highest BCUT2D eigenvalue weighted by Gasteiger charge is 2.43. The van der Waals surface area contributed by atoms with Crippen LogP contribution in [0.4, 0.5) is 14.7 Å². The van der Waals surface area contributed by atoms with E-state index in [4.69, 9.17) is 5.26 Å². The number of aryl methyl sites for hydroxylation is 1. The molecule has 2 heterocycles. The minimum Gasteiger partial charge on any atom is -0.342 e. The first kappa shape index (κ1) is 17.1. The first-order chi connectivity index (χ1) is 13.0. The molecule has 4 rings (SSSR count). The third kappa shape index (κ3) is 2.91. The lowest BCUT2D eigenvalue weighted by atomic mass is 9.74. The Hall–Kier alpha value is -3.34. The van der Waals surface area contributed by atoms with E-state index < -0.39 is 11.4 Å². The van der Waals surface area contributed by atoms with Gasteiger partial charge in [0, 0.05) is 13.2 Å². The Kier molecular flexibility index (Phi) is 4.07. The molecule has 0 atom stereocenters. The van der Waals surface area contributed by atoms with Gasteiger partial charge in [0.1, 0.15) is 17.3 Å². The number of nitriles is 1. The molecule has 0 unspecified atom stereocenters. The van der Waals surface area contributed by atoms with Crippen LogP contribution in [-0.4, -0.2) is 19.7 Å². The van der Waals surface area contributed by atoms with E-state index in [0.29, 0.717) is 24.1 Å². The summed E-state index contributed by atoms with van der Waals surface area (Å²) in [7, 11) is 1.64. The quantitative estimate of drug-likeness (QED) is 0.764. The van der Waals surface area contributed by atoms with Gasteiger partial charge in [-0.25, -0.2) is 13.5 Å². The summed E-state index contributed by atoms with van der Waals surface area (Å²) in [5, 5.41) is 16.5. The topological polar surface area (TPSA) is 79.4 Å². The van der Waals surface area contributed by atoms with Gasteiger partial charge >= 0.3 is 0 Å². The summed E-state index contributed by atoms with van der Waals surface area (Å²) in [5.41, 5.74) is 0.179. The largest absolute Gasteiger partial charge is 0.342 e. The standard InChI is InChI=1S/C19H16F2N6/c1-27-17(13-10-12(11-22)5-6-14(13)20)24-18(26-27)25-19(7-3-8-19)16-15(21)4-2-9-23-16/h2,4-6,9-10H,3,7-8H2,1H3,(H,25,26). The van der Waals surface area contributed by atoms with Gasteiger partial charge < -0.3 is 5.32 Å². The minimum atomic E-state index is -0.670. The zero-order chi connectivity index (χ0) is 19.0. The predicted octanol–water partition coefficient (Wildman–Crippen LogP) is 3.52. The Balaban J connectivity index is 1.70. The fourth-order valence-electron chi connectivity index (χ4n) is 3.34. The number of nitrogens with zero attached hydrogens (tertiary/aromatic N) is 5. The minimum absolute atomic E-state index is 0.184. The van der Waals surface area contributed by atoms with Crippen molar-refractivity contribution in [2.45, 2.75) is 24.8 Å². The van der Waals surface area contributed by atoms with E-state index in [-0.39, 0.29) is 23.2 Å². The molecule has 1 aliphatic rings. The van der Waals surface area contributed by atoms with E-state index in [0.717, 1.165) is 6.42 Å². The van der Waals surface area contributed by atoms with Crippen molar-refractivity contribution in [2.24, 2.45) is 7.05 Å². The predicted molar refractivity (Wildman–Crippen MR) is 94.5 cm³/mol. The van der Waals surface area contributed by atoms with Crippen molar-refractivity contribution in [1.82, 2.24) is 19.7 Å². The number of hydrogen-bond acceptors (Lipinski definition) is 5. The van der Waals surface area contributed by atoms with E-state index in [1.165, 1.54) is 28.9 Å². The molecule has 8 heteroatoms. The third-order valence-corrected chi connectivity index (χ3v) is 4.87. The fraction of sp³-hybridized carbons (Fsp3) is 0.263. The Morgan fingerprint density at radius 2 is 2.04 bits per heavy atom. The lowest BCUT2D eigenvalue weighted by Crippen LogP contribution is -2.44. The van der Waals surface area contributed by atoms with E-state index in [1.807, 2.05) is 6.07 Å². The number of rotatable bonds is 4. The van der Waals surface area contributed by atoms with Crippen LogP contribution in [0.25, 0.3) is 11.4 Å². The van der Waals surface area contributed by atoms with E-state index >= 15 is 0 Å². The van der Waals surface area contributed by atoms with Crippen LogP contribution < -0.4 is 5.32 Å². The first-order valence-electron chi connectivity index (χ1n) is 8.53. The maximum absolute atomic E-state index is 14.3. The van der Waals surface area contributed by atoms with Crippen molar-refractivity contribution in [3.8, 4) is 17.5 Å². The molecule has 0 saturated heterocycles. The van der Waals surface area contributed by atoms with Gasteiger partial charge in [-0.05, 0) is 49.6 Å². The van der Waals surface area contributed by atoms with Crippen molar-refractivity contribution < 1.29 is 8.78 Å². The summed E-state index contributed by atoms with van der Waals surface area (Å²) in [6.45, 7) is 0. The van der Waals surface area contributed by atoms with Gasteiger partial charge in [0.25, 0.3) is 0 Å². The van der Waals surface area contributed by atoms with Crippen LogP contribution in [0, 0.1) is 23.0 Å². The van der Waals surface area contributed by atoms with Gasteiger partial charge in [-0.3, -0.25) is 4.98 Å². The number of nitrogens with one attached hydrogen (secondary N) is 1. The molecule has 2 aromatic heterocycles. The van der Waals surface area contributed by atoms with Crippen LogP contribution in [0.2, 0.25) is 0 Å². The zero-order valence-electron chi connectivity index (χ0n) is 14.6. The summed E-state index contributed by atoms with van der Waals surface area (Å²) >= 11 is 0. The van der Waals surface area contributed by atoms with Crippen LogP contribution in [0.1, 0.15) is 30.5 Å². The molecule has 0 spiro atoms. The van der Waals surface area contributed by atoms with Crippen LogP contribution >= 0.6 is 0 Å². The first-order valence-corrected chi connectivity index (χ1v) is 8.53. The van der Waals surface area contributed by atoms with Crippen molar-refractivity contribution >= 4 is 5.95 Å². The zero-order valence-corrected chi connectivity index (χ0v) is 14.6. The van der Waals surface area contributed by atoms with Crippen molar-refractivity contribution in [2.75, 3.05) is 5.32 Å². The highest BCUT2D eigenvalue weighted by Crippen LogP contribution is 2.43. The molecule has 0 bridgehead atoms. The Bertz CT molecular complexity index is 1050. The average Bonchev–Trinajstić information content (AvgIpc) is 2.99. The number of anilines is 1. The molecule has 0 amide bonds. The van der Waals surface area contributed by atoms with Crippen molar-refractivity contribution in [3.63, 3.8) is 0 Å². The second-order valence-corrected chi connectivity index (χ2v) is 6.58. The molecule has 136 valence electrons. The van der Waals surface area contributed by atoms with E-state index in [1.54, 1.807) is 19.3 Å². The molecule has 27 heavy (non-hydrogen) atoms. The molecule has 1 fully saturated rings. The second kappa shape index (κ2) is 6.43. The molecule has 0 aliphatic heterocycles. The van der Waals surface area contributed by atoms with E-state index in [2.05, 4.69) is 20.4 Å².